The fourth-order valence-corrected chi connectivity index (χ4v) is 4.15. The molecule has 2 aliphatic rings. The minimum Gasteiger partial charge on any atom is -0.339 e. The van der Waals surface area contributed by atoms with Crippen molar-refractivity contribution < 1.29 is 4.79 Å². The van der Waals surface area contributed by atoms with Crippen molar-refractivity contribution in [2.24, 2.45) is 0 Å². The SMILES string of the molecule is O=C(CCN1CCC[C@@H]1c1ccccc1)N1CCN(c2ncccn2)CC1. The van der Waals surface area contributed by atoms with Crippen LogP contribution in [-0.4, -0.2) is 64.9 Å². The Morgan fingerprint density at radius 3 is 2.44 bits per heavy atom. The van der Waals surface area contributed by atoms with Gasteiger partial charge >= 0.3 is 0 Å². The smallest absolute Gasteiger partial charge is 0.225 e. The first-order valence-corrected chi connectivity index (χ1v) is 9.90. The van der Waals surface area contributed by atoms with E-state index in [9.17, 15) is 4.79 Å². The maximum Gasteiger partial charge on any atom is 0.225 e. The lowest BCUT2D eigenvalue weighted by atomic mass is 10.0. The molecule has 1 atom stereocenters. The average Bonchev–Trinajstić information content (AvgIpc) is 3.22. The van der Waals surface area contributed by atoms with E-state index >= 15 is 0 Å². The van der Waals surface area contributed by atoms with Crippen molar-refractivity contribution in [1.82, 2.24) is 19.8 Å². The number of nitrogens with zero attached hydrogens (tertiary/aromatic N) is 5. The molecule has 142 valence electrons. The first kappa shape index (κ1) is 17.9. The summed E-state index contributed by atoms with van der Waals surface area (Å²) in [5, 5.41) is 0. The molecule has 6 heteroatoms. The predicted molar refractivity (Wildman–Crippen MR) is 105 cm³/mol. The maximum absolute atomic E-state index is 12.7. The zero-order valence-corrected chi connectivity index (χ0v) is 15.7. The number of hydrogen-bond donors (Lipinski definition) is 0. The number of amides is 1. The fourth-order valence-electron chi connectivity index (χ4n) is 4.15. The Hall–Kier alpha value is -2.47. The lowest BCUT2D eigenvalue weighted by molar-refractivity contribution is -0.131. The fraction of sp³-hybridized carbons (Fsp3) is 0.476. The van der Waals surface area contributed by atoms with Gasteiger partial charge in [0.2, 0.25) is 11.9 Å². The van der Waals surface area contributed by atoms with E-state index in [-0.39, 0.29) is 5.91 Å². The Morgan fingerprint density at radius 1 is 0.963 bits per heavy atom. The molecule has 2 aromatic rings. The maximum atomic E-state index is 12.7. The highest BCUT2D eigenvalue weighted by atomic mass is 16.2. The van der Waals surface area contributed by atoms with Gasteiger partial charge in [0.1, 0.15) is 0 Å². The molecule has 0 N–H and O–H groups in total. The van der Waals surface area contributed by atoms with Crippen LogP contribution in [-0.2, 0) is 4.79 Å². The highest BCUT2D eigenvalue weighted by molar-refractivity contribution is 5.76. The van der Waals surface area contributed by atoms with Crippen LogP contribution in [0.5, 0.6) is 0 Å². The van der Waals surface area contributed by atoms with Crippen molar-refractivity contribution in [1.29, 1.82) is 0 Å². The third kappa shape index (κ3) is 4.27. The van der Waals surface area contributed by atoms with Crippen molar-refractivity contribution in [3.8, 4) is 0 Å². The molecule has 1 aromatic carbocycles. The molecule has 27 heavy (non-hydrogen) atoms. The Bertz CT molecular complexity index is 731. The number of carbonyl (C=O) groups excluding carboxylic acids is 1. The summed E-state index contributed by atoms with van der Waals surface area (Å²) in [5.74, 6) is 1.02. The van der Waals surface area contributed by atoms with E-state index < -0.39 is 0 Å². The van der Waals surface area contributed by atoms with Gasteiger partial charge in [-0.05, 0) is 31.0 Å². The molecule has 2 saturated heterocycles. The monoisotopic (exact) mass is 365 g/mol. The van der Waals surface area contributed by atoms with Crippen LogP contribution in [0, 0.1) is 0 Å². The van der Waals surface area contributed by atoms with E-state index in [2.05, 4.69) is 50.1 Å². The molecule has 0 saturated carbocycles. The van der Waals surface area contributed by atoms with E-state index in [1.165, 1.54) is 18.4 Å². The van der Waals surface area contributed by atoms with Gasteiger partial charge in [0, 0.05) is 57.6 Å². The van der Waals surface area contributed by atoms with Gasteiger partial charge in [-0.3, -0.25) is 9.69 Å². The summed E-state index contributed by atoms with van der Waals surface area (Å²) in [6.45, 7) is 5.03. The first-order chi connectivity index (χ1) is 13.3. The number of carbonyl (C=O) groups is 1. The number of likely N-dealkylation sites (tertiary alicyclic amines) is 1. The number of benzene rings is 1. The molecular formula is C21H27N5O. The largest absolute Gasteiger partial charge is 0.339 e. The highest BCUT2D eigenvalue weighted by Gasteiger charge is 2.27. The third-order valence-electron chi connectivity index (χ3n) is 5.63. The molecule has 4 rings (SSSR count). The second-order valence-corrected chi connectivity index (χ2v) is 7.27. The van der Waals surface area contributed by atoms with Crippen molar-refractivity contribution in [3.63, 3.8) is 0 Å². The molecule has 0 aliphatic carbocycles. The van der Waals surface area contributed by atoms with Gasteiger partial charge < -0.3 is 9.80 Å². The van der Waals surface area contributed by atoms with Crippen LogP contribution < -0.4 is 4.90 Å². The molecule has 0 unspecified atom stereocenters. The molecule has 0 spiro atoms. The number of aromatic nitrogens is 2. The number of rotatable bonds is 5. The Morgan fingerprint density at radius 2 is 1.70 bits per heavy atom. The van der Waals surface area contributed by atoms with Crippen LogP contribution in [0.3, 0.4) is 0 Å². The van der Waals surface area contributed by atoms with Crippen LogP contribution >= 0.6 is 0 Å². The minimum absolute atomic E-state index is 0.266. The average molecular weight is 365 g/mol. The molecule has 3 heterocycles. The summed E-state index contributed by atoms with van der Waals surface area (Å²) in [6, 6.07) is 13.0. The second kappa shape index (κ2) is 8.48. The zero-order valence-electron chi connectivity index (χ0n) is 15.7. The van der Waals surface area contributed by atoms with Crippen LogP contribution in [0.4, 0.5) is 5.95 Å². The standard InChI is InChI=1S/C21H27N5O/c27-20(25-14-16-26(17-15-25)21-22-10-5-11-23-21)9-13-24-12-4-8-19(24)18-6-2-1-3-7-18/h1-3,5-7,10-11,19H,4,8-9,12-17H2/t19-/m1/s1. The summed E-state index contributed by atoms with van der Waals surface area (Å²) < 4.78 is 0. The summed E-state index contributed by atoms with van der Waals surface area (Å²) in [6.07, 6.45) is 6.53. The molecule has 2 fully saturated rings. The molecule has 1 aromatic heterocycles. The zero-order chi connectivity index (χ0) is 18.5. The van der Waals surface area contributed by atoms with E-state index in [1.54, 1.807) is 12.4 Å². The molecule has 6 nitrogen and oxygen atoms in total. The van der Waals surface area contributed by atoms with Gasteiger partial charge in [0.25, 0.3) is 0 Å². The van der Waals surface area contributed by atoms with E-state index in [0.29, 0.717) is 12.5 Å². The predicted octanol–water partition coefficient (Wildman–Crippen LogP) is 2.35. The lowest BCUT2D eigenvalue weighted by Gasteiger charge is -2.35. The molecule has 0 radical (unpaired) electrons. The van der Waals surface area contributed by atoms with Crippen LogP contribution in [0.2, 0.25) is 0 Å². The molecule has 1 amide bonds. The van der Waals surface area contributed by atoms with Gasteiger partial charge in [0.15, 0.2) is 0 Å². The van der Waals surface area contributed by atoms with Crippen LogP contribution in [0.1, 0.15) is 30.9 Å². The van der Waals surface area contributed by atoms with E-state index in [1.807, 2.05) is 11.0 Å². The van der Waals surface area contributed by atoms with Crippen LogP contribution in [0.25, 0.3) is 0 Å². The summed E-state index contributed by atoms with van der Waals surface area (Å²) in [4.78, 5) is 27.9. The highest BCUT2D eigenvalue weighted by Crippen LogP contribution is 2.31. The van der Waals surface area contributed by atoms with E-state index in [4.69, 9.17) is 0 Å². The Balaban J connectivity index is 1.26. The van der Waals surface area contributed by atoms with Crippen molar-refractivity contribution >= 4 is 11.9 Å². The van der Waals surface area contributed by atoms with Crippen molar-refractivity contribution in [2.45, 2.75) is 25.3 Å². The van der Waals surface area contributed by atoms with Crippen molar-refractivity contribution in [3.05, 3.63) is 54.4 Å². The van der Waals surface area contributed by atoms with Crippen LogP contribution in [0.15, 0.2) is 48.8 Å². The van der Waals surface area contributed by atoms with Gasteiger partial charge in [-0.2, -0.15) is 0 Å². The van der Waals surface area contributed by atoms with Crippen molar-refractivity contribution in [2.75, 3.05) is 44.2 Å². The third-order valence-corrected chi connectivity index (χ3v) is 5.63. The summed E-state index contributed by atoms with van der Waals surface area (Å²) in [5.41, 5.74) is 1.37. The number of anilines is 1. The van der Waals surface area contributed by atoms with Gasteiger partial charge in [-0.25, -0.2) is 9.97 Å². The van der Waals surface area contributed by atoms with Gasteiger partial charge in [-0.15, -0.1) is 0 Å². The Labute approximate surface area is 160 Å². The minimum atomic E-state index is 0.266. The van der Waals surface area contributed by atoms with Gasteiger partial charge in [0.05, 0.1) is 0 Å². The first-order valence-electron chi connectivity index (χ1n) is 9.90. The normalized spacial score (nSPS) is 20.8. The van der Waals surface area contributed by atoms with Gasteiger partial charge in [-0.1, -0.05) is 30.3 Å². The summed E-state index contributed by atoms with van der Waals surface area (Å²) in [7, 11) is 0. The summed E-state index contributed by atoms with van der Waals surface area (Å²) >= 11 is 0. The van der Waals surface area contributed by atoms with E-state index in [0.717, 1.165) is 45.2 Å². The topological polar surface area (TPSA) is 52.6 Å². The lowest BCUT2D eigenvalue weighted by Crippen LogP contribution is -2.49. The number of hydrogen-bond acceptors (Lipinski definition) is 5. The second-order valence-electron chi connectivity index (χ2n) is 7.27. The molecule has 0 bridgehead atoms. The number of piperazine rings is 1. The Kier molecular flexibility index (Phi) is 5.63. The quantitative estimate of drug-likeness (QED) is 0.814. The molecule has 2 aliphatic heterocycles. The molecular weight excluding hydrogens is 338 g/mol.